The van der Waals surface area contributed by atoms with Gasteiger partial charge in [0.05, 0.1) is 17.5 Å². The molecule has 2 aromatic carbocycles. The molecule has 25 heavy (non-hydrogen) atoms. The van der Waals surface area contributed by atoms with Crippen molar-refractivity contribution in [2.75, 3.05) is 11.4 Å². The third-order valence-corrected chi connectivity index (χ3v) is 4.00. The van der Waals surface area contributed by atoms with Crippen molar-refractivity contribution in [1.82, 2.24) is 9.78 Å². The summed E-state index contributed by atoms with van der Waals surface area (Å²) in [7, 11) is 0. The number of aromatic nitrogens is 2. The molecule has 1 aromatic heterocycles. The minimum atomic E-state index is -0.426. The van der Waals surface area contributed by atoms with Crippen molar-refractivity contribution in [2.45, 2.75) is 13.8 Å². The highest BCUT2D eigenvalue weighted by Gasteiger charge is 2.22. The zero-order valence-electron chi connectivity index (χ0n) is 13.9. The van der Waals surface area contributed by atoms with Crippen LogP contribution in [0, 0.1) is 18.6 Å². The summed E-state index contributed by atoms with van der Waals surface area (Å²) >= 11 is 0. The SMILES string of the molecule is CCN(C(=O)c1cnn(-c2ccccc2F)c1C)c1cccc(F)c1. The summed E-state index contributed by atoms with van der Waals surface area (Å²) in [6, 6.07) is 12.1. The monoisotopic (exact) mass is 341 g/mol. The van der Waals surface area contributed by atoms with Gasteiger partial charge < -0.3 is 4.90 Å². The largest absolute Gasteiger partial charge is 0.308 e. The lowest BCUT2D eigenvalue weighted by Gasteiger charge is -2.21. The molecule has 1 amide bonds. The second-order valence-electron chi connectivity index (χ2n) is 5.54. The number of anilines is 1. The standard InChI is InChI=1S/C19H17F2N3O/c1-3-23(15-8-6-7-14(20)11-15)19(25)16-12-22-24(13(16)2)18-10-5-4-9-17(18)21/h4-12H,3H2,1-2H3. The molecule has 0 aliphatic carbocycles. The number of benzene rings is 2. The summed E-state index contributed by atoms with van der Waals surface area (Å²) in [5.41, 5.74) is 1.60. The van der Waals surface area contributed by atoms with Gasteiger partial charge in [-0.15, -0.1) is 0 Å². The Bertz CT molecular complexity index is 921. The summed E-state index contributed by atoms with van der Waals surface area (Å²) in [5, 5.41) is 4.15. The molecule has 6 heteroatoms. The maximum absolute atomic E-state index is 14.0. The van der Waals surface area contributed by atoms with Crippen LogP contribution in [0.15, 0.2) is 54.7 Å². The topological polar surface area (TPSA) is 38.1 Å². The quantitative estimate of drug-likeness (QED) is 0.716. The van der Waals surface area contributed by atoms with E-state index in [0.717, 1.165) is 0 Å². The van der Waals surface area contributed by atoms with E-state index >= 15 is 0 Å². The number of nitrogens with zero attached hydrogens (tertiary/aromatic N) is 3. The summed E-state index contributed by atoms with van der Waals surface area (Å²) in [5.74, 6) is -1.15. The van der Waals surface area contributed by atoms with Gasteiger partial charge in [-0.25, -0.2) is 13.5 Å². The van der Waals surface area contributed by atoms with E-state index in [1.807, 2.05) is 0 Å². The molecule has 3 rings (SSSR count). The molecule has 1 heterocycles. The normalized spacial score (nSPS) is 10.7. The highest BCUT2D eigenvalue weighted by atomic mass is 19.1. The lowest BCUT2D eigenvalue weighted by Crippen LogP contribution is -2.31. The summed E-state index contributed by atoms with van der Waals surface area (Å²) in [4.78, 5) is 14.4. The van der Waals surface area contributed by atoms with E-state index in [1.54, 1.807) is 44.2 Å². The molecule has 0 saturated heterocycles. The molecule has 4 nitrogen and oxygen atoms in total. The molecule has 0 N–H and O–H groups in total. The Labute approximate surface area is 144 Å². The number of halogens is 2. The predicted molar refractivity (Wildman–Crippen MR) is 92.0 cm³/mol. The van der Waals surface area contributed by atoms with Crippen LogP contribution in [-0.2, 0) is 0 Å². The molecule has 0 bridgehead atoms. The summed E-state index contributed by atoms with van der Waals surface area (Å²) < 4.78 is 28.9. The molecular formula is C19H17F2N3O. The van der Waals surface area contributed by atoms with Crippen molar-refractivity contribution in [3.05, 3.63) is 77.6 Å². The number of para-hydroxylation sites is 1. The molecule has 0 unspecified atom stereocenters. The van der Waals surface area contributed by atoms with Crippen LogP contribution < -0.4 is 4.90 Å². The van der Waals surface area contributed by atoms with Gasteiger partial charge in [-0.1, -0.05) is 18.2 Å². The van der Waals surface area contributed by atoms with Gasteiger partial charge in [0, 0.05) is 12.2 Å². The predicted octanol–water partition coefficient (Wildman–Crippen LogP) is 4.13. The van der Waals surface area contributed by atoms with Crippen LogP contribution in [-0.4, -0.2) is 22.2 Å². The molecule has 0 spiro atoms. The van der Waals surface area contributed by atoms with E-state index in [0.29, 0.717) is 23.5 Å². The number of hydrogen-bond donors (Lipinski definition) is 0. The fourth-order valence-corrected chi connectivity index (χ4v) is 2.72. The van der Waals surface area contributed by atoms with E-state index in [9.17, 15) is 13.6 Å². The van der Waals surface area contributed by atoms with Crippen LogP contribution in [0.5, 0.6) is 0 Å². The Kier molecular flexibility index (Phi) is 4.61. The van der Waals surface area contributed by atoms with Gasteiger partial charge in [-0.05, 0) is 44.2 Å². The summed E-state index contributed by atoms with van der Waals surface area (Å²) in [6.07, 6.45) is 1.41. The van der Waals surface area contributed by atoms with Gasteiger partial charge in [-0.2, -0.15) is 5.10 Å². The molecular weight excluding hydrogens is 324 g/mol. The Hall–Kier alpha value is -3.02. The van der Waals surface area contributed by atoms with Crippen LogP contribution >= 0.6 is 0 Å². The Morgan fingerprint density at radius 3 is 2.60 bits per heavy atom. The molecule has 3 aromatic rings. The first-order valence-electron chi connectivity index (χ1n) is 7.90. The highest BCUT2D eigenvalue weighted by Crippen LogP contribution is 2.22. The lowest BCUT2D eigenvalue weighted by molar-refractivity contribution is 0.0987. The van der Waals surface area contributed by atoms with E-state index in [1.165, 1.54) is 34.0 Å². The number of carbonyl (C=O) groups excluding carboxylic acids is 1. The van der Waals surface area contributed by atoms with Crippen molar-refractivity contribution in [2.24, 2.45) is 0 Å². The molecule has 0 saturated carbocycles. The van der Waals surface area contributed by atoms with Crippen molar-refractivity contribution in [1.29, 1.82) is 0 Å². The van der Waals surface area contributed by atoms with E-state index in [2.05, 4.69) is 5.10 Å². The number of carbonyl (C=O) groups is 1. The van der Waals surface area contributed by atoms with E-state index in [4.69, 9.17) is 0 Å². The van der Waals surface area contributed by atoms with Gasteiger partial charge >= 0.3 is 0 Å². The minimum Gasteiger partial charge on any atom is -0.308 e. The molecule has 0 radical (unpaired) electrons. The second-order valence-corrected chi connectivity index (χ2v) is 5.54. The van der Waals surface area contributed by atoms with Crippen LogP contribution in [0.4, 0.5) is 14.5 Å². The van der Waals surface area contributed by atoms with Crippen LogP contribution in [0.25, 0.3) is 5.69 Å². The Morgan fingerprint density at radius 1 is 1.16 bits per heavy atom. The van der Waals surface area contributed by atoms with Crippen molar-refractivity contribution < 1.29 is 13.6 Å². The Balaban J connectivity index is 1.99. The van der Waals surface area contributed by atoms with Crippen molar-refractivity contribution in [3.8, 4) is 5.69 Å². The van der Waals surface area contributed by atoms with Gasteiger partial charge in [0.15, 0.2) is 0 Å². The van der Waals surface area contributed by atoms with Gasteiger partial charge in [0.25, 0.3) is 5.91 Å². The minimum absolute atomic E-state index is 0.271. The molecule has 128 valence electrons. The maximum Gasteiger partial charge on any atom is 0.261 e. The third kappa shape index (κ3) is 3.15. The average molecular weight is 341 g/mol. The van der Waals surface area contributed by atoms with Gasteiger partial charge in [0.1, 0.15) is 17.3 Å². The highest BCUT2D eigenvalue weighted by molar-refractivity contribution is 6.06. The van der Waals surface area contributed by atoms with Crippen molar-refractivity contribution >= 4 is 11.6 Å². The fourth-order valence-electron chi connectivity index (χ4n) is 2.72. The van der Waals surface area contributed by atoms with Gasteiger partial charge in [0.2, 0.25) is 0 Å². The summed E-state index contributed by atoms with van der Waals surface area (Å²) in [6.45, 7) is 3.87. The maximum atomic E-state index is 14.0. The van der Waals surface area contributed by atoms with E-state index in [-0.39, 0.29) is 11.6 Å². The number of amides is 1. The number of rotatable bonds is 4. The number of hydrogen-bond acceptors (Lipinski definition) is 2. The van der Waals surface area contributed by atoms with E-state index < -0.39 is 11.6 Å². The van der Waals surface area contributed by atoms with Crippen LogP contribution in [0.1, 0.15) is 23.0 Å². The average Bonchev–Trinajstić information content (AvgIpc) is 2.97. The Morgan fingerprint density at radius 2 is 1.92 bits per heavy atom. The second kappa shape index (κ2) is 6.84. The first kappa shape index (κ1) is 16.8. The first-order chi connectivity index (χ1) is 12.0. The zero-order chi connectivity index (χ0) is 18.0. The molecule has 0 aliphatic rings. The first-order valence-corrected chi connectivity index (χ1v) is 7.90. The van der Waals surface area contributed by atoms with Crippen molar-refractivity contribution in [3.63, 3.8) is 0 Å². The molecule has 0 fully saturated rings. The smallest absolute Gasteiger partial charge is 0.261 e. The molecule has 0 aliphatic heterocycles. The van der Waals surface area contributed by atoms with Crippen LogP contribution in [0.2, 0.25) is 0 Å². The van der Waals surface area contributed by atoms with Gasteiger partial charge in [-0.3, -0.25) is 4.79 Å². The lowest BCUT2D eigenvalue weighted by atomic mass is 10.2. The fraction of sp³-hybridized carbons (Fsp3) is 0.158. The molecule has 0 atom stereocenters. The zero-order valence-corrected chi connectivity index (χ0v) is 13.9. The third-order valence-electron chi connectivity index (χ3n) is 4.00. The van der Waals surface area contributed by atoms with Crippen LogP contribution in [0.3, 0.4) is 0 Å².